The summed E-state index contributed by atoms with van der Waals surface area (Å²) in [5.74, 6) is -0.0267. The fourth-order valence-electron chi connectivity index (χ4n) is 3.79. The number of rotatable bonds is 6. The molecule has 0 radical (unpaired) electrons. The molecule has 1 saturated heterocycles. The van der Waals surface area contributed by atoms with Gasteiger partial charge in [0.1, 0.15) is 0 Å². The molecule has 5 nitrogen and oxygen atoms in total. The van der Waals surface area contributed by atoms with Crippen molar-refractivity contribution in [1.29, 1.82) is 0 Å². The van der Waals surface area contributed by atoms with Gasteiger partial charge in [-0.25, -0.2) is 0 Å². The van der Waals surface area contributed by atoms with E-state index in [2.05, 4.69) is 22.4 Å². The van der Waals surface area contributed by atoms with E-state index < -0.39 is 0 Å². The average Bonchev–Trinajstić information content (AvgIpc) is 3.07. The van der Waals surface area contributed by atoms with E-state index in [-0.39, 0.29) is 17.9 Å². The summed E-state index contributed by atoms with van der Waals surface area (Å²) in [5, 5.41) is 4.84. The van der Waals surface area contributed by atoms with Crippen LogP contribution < -0.4 is 5.32 Å². The molecule has 1 N–H and O–H groups in total. The molecule has 1 aliphatic rings. The van der Waals surface area contributed by atoms with Crippen molar-refractivity contribution in [3.05, 3.63) is 78.1 Å². The Kier molecular flexibility index (Phi) is 5.33. The Balaban J connectivity index is 1.34. The van der Waals surface area contributed by atoms with Crippen LogP contribution in [0.1, 0.15) is 28.8 Å². The van der Waals surface area contributed by atoms with Crippen molar-refractivity contribution in [2.45, 2.75) is 25.3 Å². The number of hydrogen-bond donors (Lipinski definition) is 1. The molecule has 3 aromatic rings. The minimum absolute atomic E-state index is 0.112. The molecule has 2 heterocycles. The minimum Gasteiger partial charge on any atom is -0.347 e. The highest BCUT2D eigenvalue weighted by Crippen LogP contribution is 2.19. The molecule has 2 aromatic carbocycles. The summed E-state index contributed by atoms with van der Waals surface area (Å²) in [6.45, 7) is 1.30. The number of aryl methyl sites for hydroxylation is 1. The van der Waals surface area contributed by atoms with Gasteiger partial charge < -0.3 is 10.2 Å². The second-order valence-electron chi connectivity index (χ2n) is 7.21. The molecule has 0 saturated carbocycles. The molecule has 5 heteroatoms. The Hall–Kier alpha value is -3.21. The first-order chi connectivity index (χ1) is 13.7. The van der Waals surface area contributed by atoms with E-state index in [0.29, 0.717) is 18.5 Å². The Morgan fingerprint density at radius 3 is 2.82 bits per heavy atom. The Labute approximate surface area is 164 Å². The van der Waals surface area contributed by atoms with Crippen molar-refractivity contribution in [3.8, 4) is 0 Å². The second kappa shape index (κ2) is 8.21. The highest BCUT2D eigenvalue weighted by molar-refractivity contribution is 6.07. The SMILES string of the molecule is O=C(N[C@H]1CC(=O)N(CCCc2ccccc2)C1)c1cccc2cnccc12. The van der Waals surface area contributed by atoms with E-state index >= 15 is 0 Å². The number of benzene rings is 2. The van der Waals surface area contributed by atoms with Gasteiger partial charge in [-0.3, -0.25) is 14.6 Å². The molecule has 0 spiro atoms. The lowest BCUT2D eigenvalue weighted by molar-refractivity contribution is -0.127. The fraction of sp³-hybridized carbons (Fsp3) is 0.261. The topological polar surface area (TPSA) is 62.3 Å². The van der Waals surface area contributed by atoms with Gasteiger partial charge in [0, 0.05) is 42.9 Å². The highest BCUT2D eigenvalue weighted by atomic mass is 16.2. The zero-order valence-electron chi connectivity index (χ0n) is 15.7. The normalized spacial score (nSPS) is 16.5. The number of hydrogen-bond acceptors (Lipinski definition) is 3. The van der Waals surface area contributed by atoms with Gasteiger partial charge in [0.2, 0.25) is 5.91 Å². The molecule has 4 rings (SSSR count). The second-order valence-corrected chi connectivity index (χ2v) is 7.21. The monoisotopic (exact) mass is 373 g/mol. The van der Waals surface area contributed by atoms with Crippen molar-refractivity contribution in [3.63, 3.8) is 0 Å². The molecule has 1 aromatic heterocycles. The standard InChI is InChI=1S/C23H23N3O2/c27-22-14-19(16-26(22)13-5-8-17-6-2-1-3-7-17)25-23(28)21-10-4-9-18-15-24-12-11-20(18)21/h1-4,6-7,9-12,15,19H,5,8,13-14,16H2,(H,25,28)/t19-/m0/s1. The van der Waals surface area contributed by atoms with Crippen molar-refractivity contribution < 1.29 is 9.59 Å². The quantitative estimate of drug-likeness (QED) is 0.722. The average molecular weight is 373 g/mol. The number of nitrogens with zero attached hydrogens (tertiary/aromatic N) is 2. The lowest BCUT2D eigenvalue weighted by Crippen LogP contribution is -2.37. The van der Waals surface area contributed by atoms with Crippen molar-refractivity contribution >= 4 is 22.6 Å². The summed E-state index contributed by atoms with van der Waals surface area (Å²) in [5.41, 5.74) is 1.90. The van der Waals surface area contributed by atoms with E-state index in [1.807, 2.05) is 47.4 Å². The van der Waals surface area contributed by atoms with Crippen LogP contribution in [0.2, 0.25) is 0 Å². The predicted octanol–water partition coefficient (Wildman–Crippen LogP) is 3.20. The van der Waals surface area contributed by atoms with Crippen LogP contribution in [0.5, 0.6) is 0 Å². The molecular formula is C23H23N3O2. The van der Waals surface area contributed by atoms with E-state index in [1.54, 1.807) is 12.4 Å². The van der Waals surface area contributed by atoms with Crippen LogP contribution in [0.15, 0.2) is 67.0 Å². The summed E-state index contributed by atoms with van der Waals surface area (Å²) < 4.78 is 0. The van der Waals surface area contributed by atoms with Gasteiger partial charge in [-0.05, 0) is 35.9 Å². The third-order valence-corrected chi connectivity index (χ3v) is 5.21. The molecule has 0 unspecified atom stereocenters. The van der Waals surface area contributed by atoms with Gasteiger partial charge in [0.15, 0.2) is 0 Å². The number of fused-ring (bicyclic) bond motifs is 1. The summed E-state index contributed by atoms with van der Waals surface area (Å²) in [6.07, 6.45) is 5.67. The number of aromatic nitrogens is 1. The van der Waals surface area contributed by atoms with Crippen molar-refractivity contribution in [1.82, 2.24) is 15.2 Å². The molecular weight excluding hydrogens is 350 g/mol. The summed E-state index contributed by atoms with van der Waals surface area (Å²) in [7, 11) is 0. The van der Waals surface area contributed by atoms with Crippen molar-refractivity contribution in [2.24, 2.45) is 0 Å². The lowest BCUT2D eigenvalue weighted by Gasteiger charge is -2.17. The van der Waals surface area contributed by atoms with E-state index in [0.717, 1.165) is 30.2 Å². The largest absolute Gasteiger partial charge is 0.347 e. The van der Waals surface area contributed by atoms with Crippen LogP contribution in [0.3, 0.4) is 0 Å². The first kappa shape index (κ1) is 18.2. The van der Waals surface area contributed by atoms with Crippen LogP contribution >= 0.6 is 0 Å². The smallest absolute Gasteiger partial charge is 0.252 e. The molecule has 1 atom stereocenters. The maximum absolute atomic E-state index is 12.8. The third-order valence-electron chi connectivity index (χ3n) is 5.21. The summed E-state index contributed by atoms with van der Waals surface area (Å²) in [4.78, 5) is 31.1. The van der Waals surface area contributed by atoms with Gasteiger partial charge in [-0.2, -0.15) is 0 Å². The van der Waals surface area contributed by atoms with Crippen LogP contribution in [-0.2, 0) is 11.2 Å². The van der Waals surface area contributed by atoms with Crippen LogP contribution in [0, 0.1) is 0 Å². The van der Waals surface area contributed by atoms with Gasteiger partial charge in [-0.15, -0.1) is 0 Å². The lowest BCUT2D eigenvalue weighted by atomic mass is 10.1. The zero-order chi connectivity index (χ0) is 19.3. The minimum atomic E-state index is -0.145. The van der Waals surface area contributed by atoms with E-state index in [4.69, 9.17) is 0 Å². The van der Waals surface area contributed by atoms with E-state index in [9.17, 15) is 9.59 Å². The molecule has 1 aliphatic heterocycles. The summed E-state index contributed by atoms with van der Waals surface area (Å²) in [6, 6.07) is 17.6. The zero-order valence-corrected chi connectivity index (χ0v) is 15.7. The molecule has 0 bridgehead atoms. The highest BCUT2D eigenvalue weighted by Gasteiger charge is 2.30. The Morgan fingerprint density at radius 2 is 1.96 bits per heavy atom. The fourth-order valence-corrected chi connectivity index (χ4v) is 3.79. The number of carbonyl (C=O) groups is 2. The first-order valence-electron chi connectivity index (χ1n) is 9.66. The van der Waals surface area contributed by atoms with Crippen molar-refractivity contribution in [2.75, 3.05) is 13.1 Å². The predicted molar refractivity (Wildman–Crippen MR) is 109 cm³/mol. The number of nitrogens with one attached hydrogen (secondary N) is 1. The Morgan fingerprint density at radius 1 is 1.11 bits per heavy atom. The molecule has 1 fully saturated rings. The van der Waals surface area contributed by atoms with Gasteiger partial charge >= 0.3 is 0 Å². The Bertz CT molecular complexity index is 982. The number of pyridine rings is 1. The molecule has 0 aliphatic carbocycles. The van der Waals surface area contributed by atoms with Gasteiger partial charge in [0.05, 0.1) is 6.04 Å². The van der Waals surface area contributed by atoms with E-state index in [1.165, 1.54) is 5.56 Å². The van der Waals surface area contributed by atoms with Gasteiger partial charge in [0.25, 0.3) is 5.91 Å². The van der Waals surface area contributed by atoms with Crippen LogP contribution in [0.25, 0.3) is 10.8 Å². The molecule has 2 amide bonds. The van der Waals surface area contributed by atoms with Crippen LogP contribution in [0.4, 0.5) is 0 Å². The first-order valence-corrected chi connectivity index (χ1v) is 9.66. The molecule has 28 heavy (non-hydrogen) atoms. The summed E-state index contributed by atoms with van der Waals surface area (Å²) >= 11 is 0. The number of likely N-dealkylation sites (tertiary alicyclic amines) is 1. The number of carbonyl (C=O) groups excluding carboxylic acids is 2. The third kappa shape index (κ3) is 4.03. The van der Waals surface area contributed by atoms with Crippen LogP contribution in [-0.4, -0.2) is 40.8 Å². The molecule has 142 valence electrons. The van der Waals surface area contributed by atoms with Gasteiger partial charge in [-0.1, -0.05) is 42.5 Å². The maximum atomic E-state index is 12.8. The number of amides is 2. The maximum Gasteiger partial charge on any atom is 0.252 e.